The average molecular weight is 446 g/mol. The number of hydrogen-bond donors (Lipinski definition) is 1. The van der Waals surface area contributed by atoms with Crippen LogP contribution in [0.3, 0.4) is 0 Å². The number of carbonyl (C=O) groups is 1. The number of carbonyl (C=O) groups excluding carboxylic acids is 1. The van der Waals surface area contributed by atoms with Gasteiger partial charge in [-0.1, -0.05) is 18.2 Å². The predicted molar refractivity (Wildman–Crippen MR) is 114 cm³/mol. The zero-order valence-corrected chi connectivity index (χ0v) is 17.9. The molecule has 4 rings (SSSR count). The summed E-state index contributed by atoms with van der Waals surface area (Å²) >= 11 is 0. The van der Waals surface area contributed by atoms with E-state index in [9.17, 15) is 17.6 Å². The van der Waals surface area contributed by atoms with Gasteiger partial charge in [-0.15, -0.1) is 0 Å². The van der Waals surface area contributed by atoms with Crippen LogP contribution in [-0.4, -0.2) is 56.3 Å². The van der Waals surface area contributed by atoms with Crippen molar-refractivity contribution in [2.75, 3.05) is 32.7 Å². The minimum Gasteiger partial charge on any atom is -0.459 e. The lowest BCUT2D eigenvalue weighted by atomic mass is 10.2. The molecule has 1 saturated heterocycles. The molecule has 0 aliphatic carbocycles. The van der Waals surface area contributed by atoms with Gasteiger partial charge in [0.1, 0.15) is 17.2 Å². The van der Waals surface area contributed by atoms with Crippen LogP contribution >= 0.6 is 0 Å². The average Bonchev–Trinajstić information content (AvgIpc) is 3.22. The molecule has 1 aromatic heterocycles. The van der Waals surface area contributed by atoms with Crippen molar-refractivity contribution >= 4 is 26.9 Å². The van der Waals surface area contributed by atoms with Gasteiger partial charge in [0.25, 0.3) is 0 Å². The van der Waals surface area contributed by atoms with Crippen molar-refractivity contribution in [2.45, 2.75) is 17.9 Å². The van der Waals surface area contributed by atoms with Crippen LogP contribution in [0.1, 0.15) is 18.7 Å². The van der Waals surface area contributed by atoms with Gasteiger partial charge in [-0.3, -0.25) is 10.1 Å². The van der Waals surface area contributed by atoms with Gasteiger partial charge in [0.15, 0.2) is 0 Å². The lowest BCUT2D eigenvalue weighted by Gasteiger charge is -2.34. The monoisotopic (exact) mass is 445 g/mol. The first kappa shape index (κ1) is 21.5. The van der Waals surface area contributed by atoms with Crippen LogP contribution in [-0.2, 0) is 14.8 Å². The lowest BCUT2D eigenvalue weighted by molar-refractivity contribution is -0.131. The highest BCUT2D eigenvalue weighted by atomic mass is 32.2. The van der Waals surface area contributed by atoms with Crippen molar-refractivity contribution in [1.29, 1.82) is 0 Å². The van der Waals surface area contributed by atoms with E-state index in [1.165, 1.54) is 16.4 Å². The largest absolute Gasteiger partial charge is 0.459 e. The quantitative estimate of drug-likeness (QED) is 0.631. The Bertz CT molecular complexity index is 1140. The number of furan rings is 1. The number of para-hydroxylation sites is 1. The van der Waals surface area contributed by atoms with E-state index in [1.54, 1.807) is 4.90 Å². The van der Waals surface area contributed by atoms with E-state index >= 15 is 0 Å². The molecule has 1 fully saturated rings. The van der Waals surface area contributed by atoms with Crippen molar-refractivity contribution in [3.05, 3.63) is 66.2 Å². The fourth-order valence-electron chi connectivity index (χ4n) is 3.60. The Hall–Kier alpha value is -2.75. The zero-order valence-electron chi connectivity index (χ0n) is 17.1. The number of nitrogens with zero attached hydrogens (tertiary/aromatic N) is 2. The molecule has 31 heavy (non-hydrogen) atoms. The van der Waals surface area contributed by atoms with E-state index in [4.69, 9.17) is 4.42 Å². The summed E-state index contributed by atoms with van der Waals surface area (Å²) < 4.78 is 45.6. The van der Waals surface area contributed by atoms with Gasteiger partial charge >= 0.3 is 0 Å². The molecule has 164 valence electrons. The zero-order chi connectivity index (χ0) is 22.0. The summed E-state index contributed by atoms with van der Waals surface area (Å²) in [4.78, 5) is 14.3. The topological polar surface area (TPSA) is 82.9 Å². The number of hydrogen-bond acceptors (Lipinski definition) is 5. The summed E-state index contributed by atoms with van der Waals surface area (Å²) in [5.74, 6) is 0.171. The lowest BCUT2D eigenvalue weighted by Crippen LogP contribution is -2.52. The fourth-order valence-corrected chi connectivity index (χ4v) is 5.02. The number of benzene rings is 2. The highest BCUT2D eigenvalue weighted by Crippen LogP contribution is 2.23. The van der Waals surface area contributed by atoms with Crippen LogP contribution in [0.4, 0.5) is 4.39 Å². The summed E-state index contributed by atoms with van der Waals surface area (Å²) in [7, 11) is -3.70. The van der Waals surface area contributed by atoms with Gasteiger partial charge in [-0.05, 0) is 43.3 Å². The minimum absolute atomic E-state index is 0.0509. The van der Waals surface area contributed by atoms with E-state index in [-0.39, 0.29) is 36.5 Å². The standard InChI is InChI=1S/C22H24FN3O4S/c1-16(21-14-17-4-2-3-5-20(17)30-21)24-15-22(27)25-10-12-26(13-11-25)31(28,29)19-8-6-18(23)7-9-19/h2-9,14,16,24H,10-13,15H2,1H3. The molecule has 1 atom stereocenters. The van der Waals surface area contributed by atoms with Gasteiger partial charge < -0.3 is 9.32 Å². The van der Waals surface area contributed by atoms with Crippen molar-refractivity contribution < 1.29 is 22.0 Å². The number of piperazine rings is 1. The number of halogens is 1. The fraction of sp³-hybridized carbons (Fsp3) is 0.318. The molecule has 1 aliphatic rings. The molecule has 0 radical (unpaired) electrons. The molecule has 3 aromatic rings. The first-order valence-corrected chi connectivity index (χ1v) is 11.5. The molecule has 2 heterocycles. The second-order valence-electron chi connectivity index (χ2n) is 7.53. The van der Waals surface area contributed by atoms with Crippen molar-refractivity contribution in [2.24, 2.45) is 0 Å². The maximum atomic E-state index is 13.1. The van der Waals surface area contributed by atoms with Crippen molar-refractivity contribution in [3.8, 4) is 0 Å². The van der Waals surface area contributed by atoms with Crippen molar-refractivity contribution in [3.63, 3.8) is 0 Å². The van der Waals surface area contributed by atoms with Crippen LogP contribution in [0.2, 0.25) is 0 Å². The SMILES string of the molecule is CC(NCC(=O)N1CCN(S(=O)(=O)c2ccc(F)cc2)CC1)c1cc2ccccc2o1. The second-order valence-corrected chi connectivity index (χ2v) is 9.47. The Labute approximate surface area is 180 Å². The van der Waals surface area contributed by atoms with E-state index in [2.05, 4.69) is 5.32 Å². The van der Waals surface area contributed by atoms with Crippen LogP contribution in [0.25, 0.3) is 11.0 Å². The first-order chi connectivity index (χ1) is 14.8. The molecule has 1 aliphatic heterocycles. The van der Waals surface area contributed by atoms with Crippen LogP contribution in [0, 0.1) is 5.82 Å². The predicted octanol–water partition coefficient (Wildman–Crippen LogP) is 2.76. The molecule has 1 unspecified atom stereocenters. The van der Waals surface area contributed by atoms with Gasteiger partial charge in [0, 0.05) is 31.6 Å². The highest BCUT2D eigenvalue weighted by molar-refractivity contribution is 7.89. The Morgan fingerprint density at radius 3 is 2.45 bits per heavy atom. The molecule has 0 spiro atoms. The van der Waals surface area contributed by atoms with E-state index in [0.29, 0.717) is 13.1 Å². The summed E-state index contributed by atoms with van der Waals surface area (Å²) in [5, 5.41) is 4.19. The van der Waals surface area contributed by atoms with Gasteiger partial charge in [0.05, 0.1) is 17.5 Å². The molecule has 7 nitrogen and oxygen atoms in total. The Balaban J connectivity index is 1.30. The molecule has 2 aromatic carbocycles. The Kier molecular flexibility index (Phi) is 6.08. The van der Waals surface area contributed by atoms with Crippen LogP contribution in [0.5, 0.6) is 0 Å². The third-order valence-electron chi connectivity index (χ3n) is 5.47. The minimum atomic E-state index is -3.70. The molecule has 1 amide bonds. The summed E-state index contributed by atoms with van der Waals surface area (Å²) in [6.45, 7) is 3.07. The molecular weight excluding hydrogens is 421 g/mol. The normalized spacial score (nSPS) is 16.5. The smallest absolute Gasteiger partial charge is 0.243 e. The summed E-state index contributed by atoms with van der Waals surface area (Å²) in [6.07, 6.45) is 0. The maximum Gasteiger partial charge on any atom is 0.243 e. The van der Waals surface area contributed by atoms with Gasteiger partial charge in [-0.2, -0.15) is 4.31 Å². The molecule has 0 bridgehead atoms. The molecule has 0 saturated carbocycles. The third-order valence-corrected chi connectivity index (χ3v) is 7.39. The number of nitrogens with one attached hydrogen (secondary N) is 1. The van der Waals surface area contributed by atoms with Gasteiger partial charge in [-0.25, -0.2) is 12.8 Å². The molecular formula is C22H24FN3O4S. The van der Waals surface area contributed by atoms with E-state index < -0.39 is 15.8 Å². The summed E-state index contributed by atoms with van der Waals surface area (Å²) in [6, 6.07) is 14.3. The van der Waals surface area contributed by atoms with Gasteiger partial charge in [0.2, 0.25) is 15.9 Å². The Morgan fingerprint density at radius 1 is 1.10 bits per heavy atom. The maximum absolute atomic E-state index is 13.1. The number of fused-ring (bicyclic) bond motifs is 1. The number of amides is 1. The number of sulfonamides is 1. The van der Waals surface area contributed by atoms with E-state index in [1.807, 2.05) is 37.3 Å². The van der Waals surface area contributed by atoms with Crippen molar-refractivity contribution in [1.82, 2.24) is 14.5 Å². The first-order valence-electron chi connectivity index (χ1n) is 10.1. The van der Waals surface area contributed by atoms with Crippen LogP contribution in [0.15, 0.2) is 63.9 Å². The number of rotatable bonds is 6. The molecule has 9 heteroatoms. The summed E-state index contributed by atoms with van der Waals surface area (Å²) in [5.41, 5.74) is 0.802. The molecule has 1 N–H and O–H groups in total. The highest BCUT2D eigenvalue weighted by Gasteiger charge is 2.30. The Morgan fingerprint density at radius 2 is 1.77 bits per heavy atom. The van der Waals surface area contributed by atoms with E-state index in [0.717, 1.165) is 28.9 Å². The van der Waals surface area contributed by atoms with Crippen LogP contribution < -0.4 is 5.32 Å². The third kappa shape index (κ3) is 4.63. The second kappa shape index (κ2) is 8.78.